The van der Waals surface area contributed by atoms with E-state index in [1.54, 1.807) is 18.6 Å². The van der Waals surface area contributed by atoms with Gasteiger partial charge in [-0.25, -0.2) is 4.98 Å². The van der Waals surface area contributed by atoms with Gasteiger partial charge in [0.2, 0.25) is 0 Å². The molecule has 0 aromatic carbocycles. The van der Waals surface area contributed by atoms with Gasteiger partial charge in [0.15, 0.2) is 0 Å². The lowest BCUT2D eigenvalue weighted by atomic mass is 10.0. The Bertz CT molecular complexity index is 1150. The summed E-state index contributed by atoms with van der Waals surface area (Å²) in [5, 5.41) is 16.7. The normalized spacial score (nSPS) is 12.2. The van der Waals surface area contributed by atoms with Gasteiger partial charge in [-0.1, -0.05) is 6.07 Å². The van der Waals surface area contributed by atoms with Gasteiger partial charge in [-0.2, -0.15) is 5.10 Å². The molecule has 4 rings (SSSR count). The summed E-state index contributed by atoms with van der Waals surface area (Å²) in [4.78, 5) is 13.4. The molecule has 0 spiro atoms. The van der Waals surface area contributed by atoms with Crippen LogP contribution in [0, 0.1) is 12.3 Å². The van der Waals surface area contributed by atoms with Crippen molar-refractivity contribution >= 4 is 16.6 Å². The van der Waals surface area contributed by atoms with Crippen LogP contribution in [-0.4, -0.2) is 36.9 Å². The van der Waals surface area contributed by atoms with Crippen LogP contribution in [0.15, 0.2) is 48.9 Å². The Morgan fingerprint density at radius 2 is 2.07 bits per heavy atom. The first-order valence-corrected chi connectivity index (χ1v) is 9.09. The molecular formula is C21H21N7. The Labute approximate surface area is 162 Å². The van der Waals surface area contributed by atoms with Crippen molar-refractivity contribution in [2.75, 3.05) is 0 Å². The molecule has 0 unspecified atom stereocenters. The highest BCUT2D eigenvalue weighted by Crippen LogP contribution is 2.28. The van der Waals surface area contributed by atoms with Gasteiger partial charge >= 0.3 is 0 Å². The molecule has 4 heterocycles. The molecule has 0 saturated heterocycles. The molecule has 0 radical (unpaired) electrons. The number of hydrogen-bond donors (Lipinski definition) is 3. The molecule has 0 amide bonds. The number of pyridine rings is 3. The second-order valence-corrected chi connectivity index (χ2v) is 6.95. The van der Waals surface area contributed by atoms with E-state index >= 15 is 0 Å². The van der Waals surface area contributed by atoms with Gasteiger partial charge < -0.3 is 11.1 Å². The number of nitrogens with two attached hydrogens (primary N) is 1. The topological polar surface area (TPSA) is 117 Å². The standard InChI is InChI=1S/C21H21N7/c1-12-5-6-17(26-20(12)16(23)8-13(2)22)21-15-9-18(14-4-3-7-24-10-14)25-11-19(15)27-28-21/h3-7,9-11,13,23H,8,22H2,1-2H3,(H,27,28)/t13-/m1/s1. The van der Waals surface area contributed by atoms with Crippen molar-refractivity contribution < 1.29 is 0 Å². The van der Waals surface area contributed by atoms with Gasteiger partial charge in [0.1, 0.15) is 5.69 Å². The molecular weight excluding hydrogens is 350 g/mol. The van der Waals surface area contributed by atoms with E-state index < -0.39 is 0 Å². The van der Waals surface area contributed by atoms with Crippen LogP contribution >= 0.6 is 0 Å². The largest absolute Gasteiger partial charge is 0.328 e. The lowest BCUT2D eigenvalue weighted by Gasteiger charge is -2.10. The molecule has 7 nitrogen and oxygen atoms in total. The summed E-state index contributed by atoms with van der Waals surface area (Å²) in [6, 6.07) is 9.65. The first kappa shape index (κ1) is 17.9. The Morgan fingerprint density at radius 3 is 2.82 bits per heavy atom. The van der Waals surface area contributed by atoms with E-state index in [1.807, 2.05) is 44.2 Å². The molecule has 4 N–H and O–H groups in total. The zero-order valence-electron chi connectivity index (χ0n) is 15.8. The fraction of sp³-hybridized carbons (Fsp3) is 0.190. The van der Waals surface area contributed by atoms with Crippen molar-refractivity contribution in [3.05, 3.63) is 60.2 Å². The van der Waals surface area contributed by atoms with E-state index in [4.69, 9.17) is 16.1 Å². The molecule has 0 aliphatic heterocycles. The van der Waals surface area contributed by atoms with E-state index in [1.165, 1.54) is 0 Å². The first-order valence-electron chi connectivity index (χ1n) is 9.09. The molecule has 0 fully saturated rings. The summed E-state index contributed by atoms with van der Waals surface area (Å²) in [5.41, 5.74) is 11.9. The van der Waals surface area contributed by atoms with E-state index in [0.717, 1.165) is 33.4 Å². The monoisotopic (exact) mass is 371 g/mol. The van der Waals surface area contributed by atoms with Crippen molar-refractivity contribution in [1.29, 1.82) is 5.41 Å². The van der Waals surface area contributed by atoms with Gasteiger partial charge in [0.05, 0.1) is 34.5 Å². The fourth-order valence-electron chi connectivity index (χ4n) is 3.17. The summed E-state index contributed by atoms with van der Waals surface area (Å²) in [6.45, 7) is 3.84. The fourth-order valence-corrected chi connectivity index (χ4v) is 3.17. The highest BCUT2D eigenvalue weighted by atomic mass is 15.1. The number of aromatic nitrogens is 5. The van der Waals surface area contributed by atoms with Crippen LogP contribution in [0.4, 0.5) is 0 Å². The number of aryl methyl sites for hydroxylation is 1. The quantitative estimate of drug-likeness (QED) is 0.464. The van der Waals surface area contributed by atoms with Crippen LogP contribution in [-0.2, 0) is 0 Å². The van der Waals surface area contributed by atoms with Crippen LogP contribution < -0.4 is 5.73 Å². The molecule has 4 aromatic rings. The lowest BCUT2D eigenvalue weighted by Crippen LogP contribution is -2.21. The van der Waals surface area contributed by atoms with Crippen LogP contribution in [0.1, 0.15) is 24.6 Å². The molecule has 28 heavy (non-hydrogen) atoms. The maximum absolute atomic E-state index is 8.34. The zero-order chi connectivity index (χ0) is 19.7. The predicted molar refractivity (Wildman–Crippen MR) is 110 cm³/mol. The van der Waals surface area contributed by atoms with Crippen molar-refractivity contribution in [3.8, 4) is 22.6 Å². The second kappa shape index (κ2) is 7.28. The highest BCUT2D eigenvalue weighted by molar-refractivity contribution is 5.99. The number of rotatable bonds is 5. The van der Waals surface area contributed by atoms with Gasteiger partial charge in [-0.05, 0) is 43.7 Å². The molecule has 0 saturated carbocycles. The second-order valence-electron chi connectivity index (χ2n) is 6.95. The predicted octanol–water partition coefficient (Wildman–Crippen LogP) is 3.50. The number of fused-ring (bicyclic) bond motifs is 1. The van der Waals surface area contributed by atoms with Crippen molar-refractivity contribution in [2.45, 2.75) is 26.3 Å². The average Bonchev–Trinajstić information content (AvgIpc) is 3.11. The SMILES string of the molecule is Cc1ccc(-c2n[nH]c3cnc(-c4cccnc4)cc23)nc1C(=N)C[C@@H](C)N. The number of aromatic amines is 1. The minimum atomic E-state index is -0.0864. The Balaban J connectivity index is 1.80. The van der Waals surface area contributed by atoms with Crippen LogP contribution in [0.3, 0.4) is 0 Å². The minimum Gasteiger partial charge on any atom is -0.328 e. The van der Waals surface area contributed by atoms with E-state index in [9.17, 15) is 0 Å². The molecule has 140 valence electrons. The first-order chi connectivity index (χ1) is 13.5. The summed E-state index contributed by atoms with van der Waals surface area (Å²) in [7, 11) is 0. The van der Waals surface area contributed by atoms with E-state index in [0.29, 0.717) is 23.5 Å². The third-order valence-electron chi connectivity index (χ3n) is 4.56. The smallest absolute Gasteiger partial charge is 0.118 e. The van der Waals surface area contributed by atoms with Crippen LogP contribution in [0.5, 0.6) is 0 Å². The summed E-state index contributed by atoms with van der Waals surface area (Å²) >= 11 is 0. The van der Waals surface area contributed by atoms with E-state index in [-0.39, 0.29) is 6.04 Å². The van der Waals surface area contributed by atoms with Gasteiger partial charge in [0.25, 0.3) is 0 Å². The molecule has 0 aliphatic carbocycles. The van der Waals surface area contributed by atoms with Gasteiger partial charge in [-0.3, -0.25) is 15.1 Å². The summed E-state index contributed by atoms with van der Waals surface area (Å²) in [6.07, 6.45) is 5.76. The number of hydrogen-bond acceptors (Lipinski definition) is 6. The number of H-pyrrole nitrogens is 1. The molecule has 0 aliphatic rings. The zero-order valence-corrected chi connectivity index (χ0v) is 15.8. The van der Waals surface area contributed by atoms with Crippen molar-refractivity contribution in [2.24, 2.45) is 5.73 Å². The average molecular weight is 371 g/mol. The van der Waals surface area contributed by atoms with E-state index in [2.05, 4.69) is 20.2 Å². The van der Waals surface area contributed by atoms with Crippen molar-refractivity contribution in [1.82, 2.24) is 25.1 Å². The number of nitrogens with zero attached hydrogens (tertiary/aromatic N) is 4. The Morgan fingerprint density at radius 1 is 1.21 bits per heavy atom. The number of nitrogens with one attached hydrogen (secondary N) is 2. The summed E-state index contributed by atoms with van der Waals surface area (Å²) in [5.74, 6) is 0. The Kier molecular flexibility index (Phi) is 4.67. The maximum Gasteiger partial charge on any atom is 0.118 e. The Hall–Kier alpha value is -3.45. The minimum absolute atomic E-state index is 0.0864. The molecule has 0 bridgehead atoms. The molecule has 1 atom stereocenters. The third kappa shape index (κ3) is 3.39. The van der Waals surface area contributed by atoms with Gasteiger partial charge in [-0.15, -0.1) is 0 Å². The van der Waals surface area contributed by atoms with Gasteiger partial charge in [0, 0.05) is 35.8 Å². The van der Waals surface area contributed by atoms with Crippen LogP contribution in [0.25, 0.3) is 33.5 Å². The van der Waals surface area contributed by atoms with Crippen molar-refractivity contribution in [3.63, 3.8) is 0 Å². The third-order valence-corrected chi connectivity index (χ3v) is 4.56. The highest BCUT2D eigenvalue weighted by Gasteiger charge is 2.15. The lowest BCUT2D eigenvalue weighted by molar-refractivity contribution is 0.775. The summed E-state index contributed by atoms with van der Waals surface area (Å²) < 4.78 is 0. The molecule has 4 aromatic heterocycles. The van der Waals surface area contributed by atoms with Crippen LogP contribution in [0.2, 0.25) is 0 Å². The molecule has 7 heteroatoms. The maximum atomic E-state index is 8.34.